The average molecular weight is 423 g/mol. The molecule has 0 fully saturated rings. The first-order valence-corrected chi connectivity index (χ1v) is 10.5. The Balaban J connectivity index is 2.19. The number of aliphatic hydroxyl groups is 2. The first-order chi connectivity index (χ1) is 13.6. The molecule has 4 N–H and O–H groups in total. The summed E-state index contributed by atoms with van der Waals surface area (Å²) in [7, 11) is -4.10. The van der Waals surface area contributed by atoms with E-state index >= 15 is 0 Å². The maximum absolute atomic E-state index is 13.0. The molecule has 9 nitrogen and oxygen atoms in total. The van der Waals surface area contributed by atoms with Crippen LogP contribution >= 0.6 is 0 Å². The molecule has 0 aromatic heterocycles. The van der Waals surface area contributed by atoms with Gasteiger partial charge in [0.25, 0.3) is 5.69 Å². The fourth-order valence-electron chi connectivity index (χ4n) is 2.82. The van der Waals surface area contributed by atoms with Crippen LogP contribution in [0.2, 0.25) is 0 Å². The Hall–Kier alpha value is -2.37. The van der Waals surface area contributed by atoms with E-state index in [-0.39, 0.29) is 23.7 Å². The maximum atomic E-state index is 13.0. The van der Waals surface area contributed by atoms with Gasteiger partial charge in [-0.25, -0.2) is 8.42 Å². The zero-order chi connectivity index (χ0) is 21.6. The third kappa shape index (κ3) is 6.31. The molecule has 0 aliphatic heterocycles. The number of nitrogens with zero attached hydrogens (tertiary/aromatic N) is 2. The first-order valence-electron chi connectivity index (χ1n) is 9.01. The maximum Gasteiger partial charge on any atom is 0.269 e. The molecular formula is C19H25N3O6S. The van der Waals surface area contributed by atoms with Crippen molar-refractivity contribution in [3.63, 3.8) is 0 Å². The number of non-ortho nitro benzene ring substituents is 1. The molecule has 0 heterocycles. The van der Waals surface area contributed by atoms with Gasteiger partial charge in [0.05, 0.1) is 22.0 Å². The molecule has 0 saturated carbocycles. The SMILES string of the molecule is CC(O)CN(C[C@@H](O)[C@@H](N)Cc1ccccc1)S(=O)(=O)c1ccc([N+](=O)[O-])cc1. The second-order valence-corrected chi connectivity index (χ2v) is 8.78. The number of nitro groups is 1. The van der Waals surface area contributed by atoms with Crippen molar-refractivity contribution in [3.05, 3.63) is 70.3 Å². The highest BCUT2D eigenvalue weighted by molar-refractivity contribution is 7.89. The molecule has 3 atom stereocenters. The van der Waals surface area contributed by atoms with Crippen molar-refractivity contribution in [1.29, 1.82) is 0 Å². The minimum atomic E-state index is -4.10. The molecule has 158 valence electrons. The number of sulfonamides is 1. The lowest BCUT2D eigenvalue weighted by molar-refractivity contribution is -0.384. The van der Waals surface area contributed by atoms with Gasteiger partial charge in [-0.3, -0.25) is 10.1 Å². The molecule has 29 heavy (non-hydrogen) atoms. The number of hydrogen-bond acceptors (Lipinski definition) is 7. The molecule has 0 aliphatic carbocycles. The Morgan fingerprint density at radius 1 is 1.07 bits per heavy atom. The van der Waals surface area contributed by atoms with E-state index in [2.05, 4.69) is 0 Å². The topological polar surface area (TPSA) is 147 Å². The zero-order valence-electron chi connectivity index (χ0n) is 16.0. The number of benzene rings is 2. The van der Waals surface area contributed by atoms with E-state index in [1.54, 1.807) is 0 Å². The molecule has 2 aromatic rings. The Morgan fingerprint density at radius 2 is 1.66 bits per heavy atom. The summed E-state index contributed by atoms with van der Waals surface area (Å²) in [6, 6.07) is 12.9. The summed E-state index contributed by atoms with van der Waals surface area (Å²) in [5, 5.41) is 31.0. The van der Waals surface area contributed by atoms with E-state index in [1.165, 1.54) is 6.92 Å². The molecule has 2 aromatic carbocycles. The van der Waals surface area contributed by atoms with Gasteiger partial charge in [-0.2, -0.15) is 4.31 Å². The van der Waals surface area contributed by atoms with Gasteiger partial charge in [0.15, 0.2) is 0 Å². The molecule has 0 aliphatic rings. The number of aliphatic hydroxyl groups excluding tert-OH is 2. The van der Waals surface area contributed by atoms with Crippen LogP contribution in [0.1, 0.15) is 12.5 Å². The Bertz CT molecular complexity index is 903. The minimum Gasteiger partial charge on any atom is -0.392 e. The van der Waals surface area contributed by atoms with Crippen LogP contribution < -0.4 is 5.73 Å². The quantitative estimate of drug-likeness (QED) is 0.380. The van der Waals surface area contributed by atoms with Gasteiger partial charge >= 0.3 is 0 Å². The molecular weight excluding hydrogens is 398 g/mol. The summed E-state index contributed by atoms with van der Waals surface area (Å²) in [4.78, 5) is 9.98. The van der Waals surface area contributed by atoms with Crippen molar-refractivity contribution < 1.29 is 23.6 Å². The predicted octanol–water partition coefficient (Wildman–Crippen LogP) is 0.897. The molecule has 0 saturated heterocycles. The Labute approximate surface area is 169 Å². The standard InChI is InChI=1S/C19H25N3O6S/c1-14(23)12-21(13-19(24)18(20)11-15-5-3-2-4-6-15)29(27,28)17-9-7-16(8-10-17)22(25)26/h2-10,14,18-19,23-24H,11-13,20H2,1H3/t14?,18-,19+/m0/s1. The van der Waals surface area contributed by atoms with Crippen molar-refractivity contribution in [2.75, 3.05) is 13.1 Å². The lowest BCUT2D eigenvalue weighted by Crippen LogP contribution is -2.48. The smallest absolute Gasteiger partial charge is 0.269 e. The normalized spacial score (nSPS) is 15.1. The van der Waals surface area contributed by atoms with Gasteiger partial charge in [0.1, 0.15) is 0 Å². The van der Waals surface area contributed by atoms with Crippen LogP contribution in [0.15, 0.2) is 59.5 Å². The van der Waals surface area contributed by atoms with Gasteiger partial charge in [0, 0.05) is 31.3 Å². The number of hydrogen-bond donors (Lipinski definition) is 3. The first kappa shape index (κ1) is 22.9. The van der Waals surface area contributed by atoms with E-state index in [4.69, 9.17) is 5.73 Å². The van der Waals surface area contributed by atoms with Gasteiger partial charge < -0.3 is 15.9 Å². The van der Waals surface area contributed by atoms with Gasteiger partial charge in [-0.05, 0) is 31.0 Å². The molecule has 10 heteroatoms. The molecule has 0 amide bonds. The summed E-state index contributed by atoms with van der Waals surface area (Å²) in [6.45, 7) is 0.849. The van der Waals surface area contributed by atoms with Gasteiger partial charge in [0.2, 0.25) is 10.0 Å². The monoisotopic (exact) mass is 423 g/mol. The highest BCUT2D eigenvalue weighted by Crippen LogP contribution is 2.21. The second kappa shape index (κ2) is 9.90. The van der Waals surface area contributed by atoms with Crippen LogP contribution in [0.25, 0.3) is 0 Å². The number of rotatable bonds is 10. The molecule has 2 rings (SSSR count). The third-order valence-corrected chi connectivity index (χ3v) is 6.20. The fraction of sp³-hybridized carbons (Fsp3) is 0.368. The third-order valence-electron chi connectivity index (χ3n) is 4.35. The molecule has 0 radical (unpaired) electrons. The van der Waals surface area contributed by atoms with Gasteiger partial charge in [-0.1, -0.05) is 30.3 Å². The summed E-state index contributed by atoms with van der Waals surface area (Å²) < 4.78 is 26.9. The lowest BCUT2D eigenvalue weighted by Gasteiger charge is -2.28. The van der Waals surface area contributed by atoms with Crippen molar-refractivity contribution in [2.45, 2.75) is 36.5 Å². The van der Waals surface area contributed by atoms with Gasteiger partial charge in [-0.15, -0.1) is 0 Å². The molecule has 0 bridgehead atoms. The predicted molar refractivity (Wildman–Crippen MR) is 108 cm³/mol. The summed E-state index contributed by atoms with van der Waals surface area (Å²) in [5.74, 6) is 0. The van der Waals surface area contributed by atoms with Crippen molar-refractivity contribution in [2.24, 2.45) is 5.73 Å². The molecule has 0 spiro atoms. The van der Waals surface area contributed by atoms with E-state index < -0.39 is 33.2 Å². The van der Waals surface area contributed by atoms with Crippen LogP contribution in [-0.2, 0) is 16.4 Å². The summed E-state index contributed by atoms with van der Waals surface area (Å²) >= 11 is 0. The largest absolute Gasteiger partial charge is 0.392 e. The minimum absolute atomic E-state index is 0.174. The average Bonchev–Trinajstić information content (AvgIpc) is 2.67. The van der Waals surface area contributed by atoms with Crippen molar-refractivity contribution in [1.82, 2.24) is 4.31 Å². The van der Waals surface area contributed by atoms with Crippen molar-refractivity contribution in [3.8, 4) is 0 Å². The number of nitrogens with two attached hydrogens (primary N) is 1. The van der Waals surface area contributed by atoms with Crippen molar-refractivity contribution >= 4 is 15.7 Å². The Morgan fingerprint density at radius 3 is 2.17 bits per heavy atom. The van der Waals surface area contributed by atoms with Crippen LogP contribution in [0.5, 0.6) is 0 Å². The van der Waals surface area contributed by atoms with E-state index in [1.807, 2.05) is 30.3 Å². The van der Waals surface area contributed by atoms with Crippen LogP contribution in [0.3, 0.4) is 0 Å². The van der Waals surface area contributed by atoms with Crippen LogP contribution in [0, 0.1) is 10.1 Å². The zero-order valence-corrected chi connectivity index (χ0v) is 16.8. The lowest BCUT2D eigenvalue weighted by atomic mass is 10.0. The highest BCUT2D eigenvalue weighted by Gasteiger charge is 2.30. The Kier molecular flexibility index (Phi) is 7.82. The fourth-order valence-corrected chi connectivity index (χ4v) is 4.36. The van der Waals surface area contributed by atoms with E-state index in [0.717, 1.165) is 34.1 Å². The summed E-state index contributed by atoms with van der Waals surface area (Å²) in [5.41, 5.74) is 6.72. The number of nitro benzene ring substituents is 1. The van der Waals surface area contributed by atoms with E-state index in [0.29, 0.717) is 6.42 Å². The van der Waals surface area contributed by atoms with Crippen LogP contribution in [0.4, 0.5) is 5.69 Å². The second-order valence-electron chi connectivity index (χ2n) is 6.84. The van der Waals surface area contributed by atoms with Crippen LogP contribution in [-0.4, -0.2) is 59.2 Å². The highest BCUT2D eigenvalue weighted by atomic mass is 32.2. The molecule has 1 unspecified atom stereocenters. The van der Waals surface area contributed by atoms with E-state index in [9.17, 15) is 28.7 Å². The summed E-state index contributed by atoms with van der Waals surface area (Å²) in [6.07, 6.45) is -1.82.